The van der Waals surface area contributed by atoms with Crippen LogP contribution in [0.2, 0.25) is 10.0 Å². The molecule has 0 bridgehead atoms. The summed E-state index contributed by atoms with van der Waals surface area (Å²) < 4.78 is 27.4. The molecule has 10 heteroatoms. The molecule has 0 radical (unpaired) electrons. The van der Waals surface area contributed by atoms with Crippen molar-refractivity contribution in [2.75, 3.05) is 5.32 Å². The molecule has 130 valence electrons. The molecule has 0 unspecified atom stereocenters. The van der Waals surface area contributed by atoms with Crippen molar-refractivity contribution >= 4 is 34.8 Å². The predicted octanol–water partition coefficient (Wildman–Crippen LogP) is 4.08. The van der Waals surface area contributed by atoms with E-state index in [2.05, 4.69) is 15.5 Å². The topological polar surface area (TPSA) is 64.7 Å². The number of anilines is 1. The minimum atomic E-state index is -2.90. The van der Waals surface area contributed by atoms with Crippen LogP contribution in [0.25, 0.3) is 0 Å². The number of carbonyl (C=O) groups is 1. The summed E-state index contributed by atoms with van der Waals surface area (Å²) in [6.45, 7) is -2.49. The number of hydrogen-bond donors (Lipinski definition) is 1. The van der Waals surface area contributed by atoms with E-state index in [9.17, 15) is 13.6 Å². The van der Waals surface area contributed by atoms with E-state index in [0.29, 0.717) is 27.0 Å². The van der Waals surface area contributed by atoms with Crippen molar-refractivity contribution in [2.24, 2.45) is 0 Å². The number of hydrogen-bond acceptors (Lipinski definition) is 3. The molecule has 1 amide bonds. The second-order valence-electron chi connectivity index (χ2n) is 5.07. The van der Waals surface area contributed by atoms with Crippen molar-refractivity contribution in [3.8, 4) is 0 Å². The Hall–Kier alpha value is -2.45. The SMILES string of the molecule is O=C(Nc1cnn(Cc2ccc(Cl)c(Cl)c2)c1)c1ccnn1C(F)F. The Bertz CT molecular complexity index is 909. The molecule has 0 saturated carbocycles. The third-order valence-corrected chi connectivity index (χ3v) is 4.05. The molecular weight excluding hydrogens is 375 g/mol. The van der Waals surface area contributed by atoms with Gasteiger partial charge in [-0.15, -0.1) is 0 Å². The lowest BCUT2D eigenvalue weighted by molar-refractivity contribution is 0.0520. The number of amides is 1. The molecule has 3 aromatic rings. The first-order valence-electron chi connectivity index (χ1n) is 7.03. The van der Waals surface area contributed by atoms with Crippen molar-refractivity contribution in [1.29, 1.82) is 0 Å². The Kier molecular flexibility index (Phi) is 5.00. The van der Waals surface area contributed by atoms with E-state index in [1.54, 1.807) is 29.1 Å². The van der Waals surface area contributed by atoms with Crippen LogP contribution in [-0.4, -0.2) is 25.5 Å². The zero-order valence-electron chi connectivity index (χ0n) is 12.5. The zero-order valence-corrected chi connectivity index (χ0v) is 14.0. The van der Waals surface area contributed by atoms with Crippen LogP contribution in [-0.2, 0) is 6.54 Å². The van der Waals surface area contributed by atoms with Crippen LogP contribution in [0.4, 0.5) is 14.5 Å². The first kappa shape index (κ1) is 17.4. The van der Waals surface area contributed by atoms with E-state index in [-0.39, 0.29) is 5.69 Å². The number of nitrogens with zero attached hydrogens (tertiary/aromatic N) is 4. The fourth-order valence-electron chi connectivity index (χ4n) is 2.18. The Morgan fingerprint density at radius 1 is 1.20 bits per heavy atom. The first-order valence-corrected chi connectivity index (χ1v) is 7.79. The third-order valence-electron chi connectivity index (χ3n) is 3.31. The van der Waals surface area contributed by atoms with Gasteiger partial charge in [0, 0.05) is 12.4 Å². The first-order chi connectivity index (χ1) is 11.9. The van der Waals surface area contributed by atoms with Gasteiger partial charge in [-0.3, -0.25) is 9.48 Å². The largest absolute Gasteiger partial charge is 0.333 e. The summed E-state index contributed by atoms with van der Waals surface area (Å²) in [7, 11) is 0. The van der Waals surface area contributed by atoms with Gasteiger partial charge in [0.2, 0.25) is 0 Å². The fraction of sp³-hybridized carbons (Fsp3) is 0.133. The number of carbonyl (C=O) groups excluding carboxylic acids is 1. The average Bonchev–Trinajstić information content (AvgIpc) is 3.20. The Balaban J connectivity index is 1.70. The highest BCUT2D eigenvalue weighted by Crippen LogP contribution is 2.23. The van der Waals surface area contributed by atoms with Crippen LogP contribution < -0.4 is 5.32 Å². The maximum Gasteiger partial charge on any atom is 0.333 e. The second-order valence-corrected chi connectivity index (χ2v) is 5.88. The molecule has 0 aliphatic carbocycles. The highest BCUT2D eigenvalue weighted by atomic mass is 35.5. The summed E-state index contributed by atoms with van der Waals surface area (Å²) in [5.74, 6) is -0.702. The highest BCUT2D eigenvalue weighted by molar-refractivity contribution is 6.42. The molecule has 2 aromatic heterocycles. The number of alkyl halides is 2. The quantitative estimate of drug-likeness (QED) is 0.719. The summed E-state index contributed by atoms with van der Waals surface area (Å²) in [5.41, 5.74) is 0.991. The summed E-state index contributed by atoms with van der Waals surface area (Å²) in [6.07, 6.45) is 4.12. The summed E-state index contributed by atoms with van der Waals surface area (Å²) in [4.78, 5) is 12.1. The maximum atomic E-state index is 12.8. The Morgan fingerprint density at radius 3 is 2.72 bits per heavy atom. The third kappa shape index (κ3) is 3.97. The van der Waals surface area contributed by atoms with E-state index in [1.807, 2.05) is 0 Å². The summed E-state index contributed by atoms with van der Waals surface area (Å²) >= 11 is 11.8. The normalized spacial score (nSPS) is 11.1. The van der Waals surface area contributed by atoms with E-state index in [1.165, 1.54) is 12.3 Å². The van der Waals surface area contributed by atoms with Crippen molar-refractivity contribution < 1.29 is 13.6 Å². The molecule has 0 spiro atoms. The van der Waals surface area contributed by atoms with E-state index < -0.39 is 12.5 Å². The van der Waals surface area contributed by atoms with Crippen LogP contribution in [0.15, 0.2) is 42.9 Å². The van der Waals surface area contributed by atoms with Gasteiger partial charge < -0.3 is 5.32 Å². The highest BCUT2D eigenvalue weighted by Gasteiger charge is 2.18. The number of rotatable bonds is 5. The van der Waals surface area contributed by atoms with Crippen LogP contribution >= 0.6 is 23.2 Å². The van der Waals surface area contributed by atoms with Gasteiger partial charge in [0.1, 0.15) is 5.69 Å². The smallest absolute Gasteiger partial charge is 0.318 e. The molecule has 6 nitrogen and oxygen atoms in total. The van der Waals surface area contributed by atoms with Gasteiger partial charge in [-0.1, -0.05) is 29.3 Å². The molecule has 0 atom stereocenters. The number of nitrogens with one attached hydrogen (secondary N) is 1. The van der Waals surface area contributed by atoms with Crippen LogP contribution in [0.3, 0.4) is 0 Å². The molecule has 1 aromatic carbocycles. The standard InChI is InChI=1S/C15H11Cl2F2N5O/c16-11-2-1-9(5-12(11)17)7-23-8-10(6-21-23)22-14(25)13-3-4-20-24(13)15(18)19/h1-6,8,15H,7H2,(H,22,25). The molecule has 0 saturated heterocycles. The molecule has 0 aliphatic heterocycles. The monoisotopic (exact) mass is 385 g/mol. The van der Waals surface area contributed by atoms with Gasteiger partial charge in [-0.25, -0.2) is 0 Å². The Morgan fingerprint density at radius 2 is 2.00 bits per heavy atom. The number of halogens is 4. The Labute approximate surface area is 151 Å². The second kappa shape index (κ2) is 7.20. The van der Waals surface area contributed by atoms with Gasteiger partial charge in [0.15, 0.2) is 0 Å². The molecular formula is C15H11Cl2F2N5O. The number of benzene rings is 1. The zero-order chi connectivity index (χ0) is 18.0. The lowest BCUT2D eigenvalue weighted by atomic mass is 10.2. The van der Waals surface area contributed by atoms with Crippen molar-refractivity contribution in [3.63, 3.8) is 0 Å². The van der Waals surface area contributed by atoms with Crippen LogP contribution in [0, 0.1) is 0 Å². The molecule has 1 N–H and O–H groups in total. The fourth-order valence-corrected chi connectivity index (χ4v) is 2.51. The summed E-state index contributed by atoms with van der Waals surface area (Å²) in [6, 6.07) is 6.40. The molecule has 0 fully saturated rings. The van der Waals surface area contributed by atoms with E-state index in [0.717, 1.165) is 11.8 Å². The van der Waals surface area contributed by atoms with Gasteiger partial charge in [-0.2, -0.15) is 23.7 Å². The van der Waals surface area contributed by atoms with Crippen LogP contribution in [0.1, 0.15) is 22.6 Å². The van der Waals surface area contributed by atoms with E-state index in [4.69, 9.17) is 23.2 Å². The minimum absolute atomic E-state index is 0.243. The number of aromatic nitrogens is 4. The minimum Gasteiger partial charge on any atom is -0.318 e. The van der Waals surface area contributed by atoms with Crippen LogP contribution in [0.5, 0.6) is 0 Å². The van der Waals surface area contributed by atoms with Gasteiger partial charge in [0.05, 0.1) is 28.5 Å². The van der Waals surface area contributed by atoms with Gasteiger partial charge in [-0.05, 0) is 23.8 Å². The molecule has 0 aliphatic rings. The molecule has 25 heavy (non-hydrogen) atoms. The predicted molar refractivity (Wildman–Crippen MR) is 89.2 cm³/mol. The summed E-state index contributed by atoms with van der Waals surface area (Å²) in [5, 5.41) is 10.9. The maximum absolute atomic E-state index is 12.8. The lowest BCUT2D eigenvalue weighted by Crippen LogP contribution is -2.18. The van der Waals surface area contributed by atoms with Crippen molar-refractivity contribution in [1.82, 2.24) is 19.6 Å². The van der Waals surface area contributed by atoms with Crippen molar-refractivity contribution in [2.45, 2.75) is 13.1 Å². The van der Waals surface area contributed by atoms with Gasteiger partial charge >= 0.3 is 6.55 Å². The lowest BCUT2D eigenvalue weighted by Gasteiger charge is -2.06. The molecule has 3 rings (SSSR count). The van der Waals surface area contributed by atoms with Crippen molar-refractivity contribution in [3.05, 3.63) is 64.2 Å². The average molecular weight is 386 g/mol. The molecule has 2 heterocycles. The van der Waals surface area contributed by atoms with E-state index >= 15 is 0 Å². The van der Waals surface area contributed by atoms with Gasteiger partial charge in [0.25, 0.3) is 5.91 Å².